The van der Waals surface area contributed by atoms with Gasteiger partial charge in [-0.15, -0.1) is 0 Å². The minimum Gasteiger partial charge on any atom is -0.481 e. The Labute approximate surface area is 117 Å². The Bertz CT molecular complexity index is 368. The number of nitrogens with one attached hydrogen (secondary N) is 1. The topological polar surface area (TPSA) is 99.1 Å². The predicted octanol–water partition coefficient (Wildman–Crippen LogP) is 0.0341. The Morgan fingerprint density at radius 2 is 2.05 bits per heavy atom. The Balaban J connectivity index is 1.88. The zero-order valence-electron chi connectivity index (χ0n) is 11.5. The van der Waals surface area contributed by atoms with Crippen LogP contribution in [0.4, 0.5) is 4.79 Å². The standard InChI is InChI=1S/C13H22N2O5/c16-10-2-1-5-15(8-10)12(19)14-9-13(11(17)18)3-6-20-7-4-13/h10,16H,1-9H2,(H,14,19)(H,17,18). The third kappa shape index (κ3) is 3.40. The molecular weight excluding hydrogens is 264 g/mol. The molecule has 0 aliphatic carbocycles. The molecular formula is C13H22N2O5. The van der Waals surface area contributed by atoms with Crippen molar-refractivity contribution in [2.75, 3.05) is 32.8 Å². The fraction of sp³-hybridized carbons (Fsp3) is 0.846. The van der Waals surface area contributed by atoms with Crippen molar-refractivity contribution >= 4 is 12.0 Å². The average molecular weight is 286 g/mol. The van der Waals surface area contributed by atoms with Crippen molar-refractivity contribution in [1.82, 2.24) is 10.2 Å². The van der Waals surface area contributed by atoms with E-state index >= 15 is 0 Å². The fourth-order valence-electron chi connectivity index (χ4n) is 2.72. The Hall–Kier alpha value is -1.34. The minimum atomic E-state index is -0.928. The van der Waals surface area contributed by atoms with E-state index in [1.54, 1.807) is 4.90 Å². The van der Waals surface area contributed by atoms with Crippen molar-refractivity contribution < 1.29 is 24.5 Å². The van der Waals surface area contributed by atoms with Gasteiger partial charge in [-0.05, 0) is 25.7 Å². The molecule has 7 heteroatoms. The third-order valence-electron chi connectivity index (χ3n) is 4.17. The lowest BCUT2D eigenvalue weighted by Gasteiger charge is -2.35. The molecule has 2 amide bonds. The first-order chi connectivity index (χ1) is 9.53. The lowest BCUT2D eigenvalue weighted by atomic mass is 9.80. The molecule has 1 unspecified atom stereocenters. The van der Waals surface area contributed by atoms with Crippen molar-refractivity contribution in [3.8, 4) is 0 Å². The van der Waals surface area contributed by atoms with Crippen molar-refractivity contribution in [2.24, 2.45) is 5.41 Å². The molecule has 2 heterocycles. The number of aliphatic carboxylic acids is 1. The van der Waals surface area contributed by atoms with Crippen molar-refractivity contribution in [3.63, 3.8) is 0 Å². The van der Waals surface area contributed by atoms with Crippen LogP contribution in [0.1, 0.15) is 25.7 Å². The molecule has 2 rings (SSSR count). The maximum Gasteiger partial charge on any atom is 0.317 e. The summed E-state index contributed by atoms with van der Waals surface area (Å²) in [5.74, 6) is -0.889. The summed E-state index contributed by atoms with van der Waals surface area (Å²) >= 11 is 0. The summed E-state index contributed by atoms with van der Waals surface area (Å²) in [4.78, 5) is 25.0. The van der Waals surface area contributed by atoms with Gasteiger partial charge in [-0.3, -0.25) is 4.79 Å². The number of piperidine rings is 1. The first-order valence-electron chi connectivity index (χ1n) is 7.05. The average Bonchev–Trinajstić information content (AvgIpc) is 2.45. The van der Waals surface area contributed by atoms with Gasteiger partial charge in [0.15, 0.2) is 0 Å². The number of aliphatic hydroxyl groups excluding tert-OH is 1. The van der Waals surface area contributed by atoms with Crippen LogP contribution in [0, 0.1) is 5.41 Å². The van der Waals surface area contributed by atoms with E-state index < -0.39 is 17.5 Å². The van der Waals surface area contributed by atoms with E-state index in [1.165, 1.54) is 0 Å². The maximum absolute atomic E-state index is 12.0. The summed E-state index contributed by atoms with van der Waals surface area (Å²) in [6.07, 6.45) is 1.81. The van der Waals surface area contributed by atoms with Crippen LogP contribution in [0.25, 0.3) is 0 Å². The van der Waals surface area contributed by atoms with Gasteiger partial charge in [0.2, 0.25) is 0 Å². The van der Waals surface area contributed by atoms with E-state index in [1.807, 2.05) is 0 Å². The van der Waals surface area contributed by atoms with Crippen LogP contribution in [-0.4, -0.2) is 66.1 Å². The SMILES string of the molecule is O=C(NCC1(C(=O)O)CCOCC1)N1CCCC(O)C1. The number of carbonyl (C=O) groups excluding carboxylic acids is 1. The van der Waals surface area contributed by atoms with Crippen LogP contribution in [0.15, 0.2) is 0 Å². The molecule has 0 saturated carbocycles. The monoisotopic (exact) mass is 286 g/mol. The molecule has 114 valence electrons. The number of hydrogen-bond donors (Lipinski definition) is 3. The molecule has 1 atom stereocenters. The number of nitrogens with zero attached hydrogens (tertiary/aromatic N) is 1. The number of urea groups is 1. The highest BCUT2D eigenvalue weighted by atomic mass is 16.5. The van der Waals surface area contributed by atoms with E-state index in [0.29, 0.717) is 45.6 Å². The molecule has 0 radical (unpaired) electrons. The molecule has 2 aliphatic rings. The molecule has 2 saturated heterocycles. The number of carbonyl (C=O) groups is 2. The van der Waals surface area contributed by atoms with Crippen molar-refractivity contribution in [2.45, 2.75) is 31.8 Å². The second-order valence-corrected chi connectivity index (χ2v) is 5.60. The summed E-state index contributed by atoms with van der Waals surface area (Å²) in [6.45, 7) is 1.84. The number of carboxylic acid groups (broad SMARTS) is 1. The first-order valence-corrected chi connectivity index (χ1v) is 7.05. The summed E-state index contributed by atoms with van der Waals surface area (Å²) in [6, 6.07) is -0.295. The summed E-state index contributed by atoms with van der Waals surface area (Å²) in [5.41, 5.74) is -0.928. The quantitative estimate of drug-likeness (QED) is 0.680. The number of hydrogen-bond acceptors (Lipinski definition) is 4. The second kappa shape index (κ2) is 6.41. The lowest BCUT2D eigenvalue weighted by molar-refractivity contribution is -0.154. The molecule has 3 N–H and O–H groups in total. The van der Waals surface area contributed by atoms with Gasteiger partial charge in [0.1, 0.15) is 0 Å². The van der Waals surface area contributed by atoms with E-state index in [-0.39, 0.29) is 12.6 Å². The van der Waals surface area contributed by atoms with Gasteiger partial charge >= 0.3 is 12.0 Å². The first kappa shape index (κ1) is 15.1. The van der Waals surface area contributed by atoms with E-state index in [0.717, 1.165) is 6.42 Å². The maximum atomic E-state index is 12.0. The Morgan fingerprint density at radius 1 is 1.35 bits per heavy atom. The van der Waals surface area contributed by atoms with E-state index in [9.17, 15) is 19.8 Å². The highest BCUT2D eigenvalue weighted by molar-refractivity contribution is 5.78. The minimum absolute atomic E-state index is 0.108. The van der Waals surface area contributed by atoms with Gasteiger partial charge in [-0.2, -0.15) is 0 Å². The highest BCUT2D eigenvalue weighted by Crippen LogP contribution is 2.30. The molecule has 0 aromatic heterocycles. The van der Waals surface area contributed by atoms with Gasteiger partial charge in [-0.25, -0.2) is 4.79 Å². The predicted molar refractivity (Wildman–Crippen MR) is 70.3 cm³/mol. The number of ether oxygens (including phenoxy) is 1. The van der Waals surface area contributed by atoms with Crippen molar-refractivity contribution in [1.29, 1.82) is 0 Å². The molecule has 0 aromatic carbocycles. The normalized spacial score (nSPS) is 26.1. The van der Waals surface area contributed by atoms with Gasteiger partial charge < -0.3 is 25.2 Å². The third-order valence-corrected chi connectivity index (χ3v) is 4.17. The molecule has 0 spiro atoms. The van der Waals surface area contributed by atoms with Crippen LogP contribution in [0.2, 0.25) is 0 Å². The van der Waals surface area contributed by atoms with Crippen LogP contribution in [0.5, 0.6) is 0 Å². The number of β-amino-alcohol motifs (C(OH)–C–C–N with tert-alkyl or cyclic N) is 1. The number of likely N-dealkylation sites (tertiary alicyclic amines) is 1. The molecule has 2 aliphatic heterocycles. The highest BCUT2D eigenvalue weighted by Gasteiger charge is 2.40. The molecule has 2 fully saturated rings. The molecule has 7 nitrogen and oxygen atoms in total. The zero-order valence-corrected chi connectivity index (χ0v) is 11.5. The zero-order chi connectivity index (χ0) is 14.6. The van der Waals surface area contributed by atoms with Gasteiger partial charge in [-0.1, -0.05) is 0 Å². The van der Waals surface area contributed by atoms with Crippen LogP contribution in [-0.2, 0) is 9.53 Å². The Kier molecular flexibility index (Phi) is 4.82. The number of rotatable bonds is 3. The summed E-state index contributed by atoms with van der Waals surface area (Å²) < 4.78 is 5.19. The van der Waals surface area contributed by atoms with E-state index in [2.05, 4.69) is 5.32 Å². The molecule has 0 bridgehead atoms. The van der Waals surface area contributed by atoms with Gasteiger partial charge in [0.25, 0.3) is 0 Å². The summed E-state index contributed by atoms with van der Waals surface area (Å²) in [5, 5.41) is 21.6. The smallest absolute Gasteiger partial charge is 0.317 e. The second-order valence-electron chi connectivity index (χ2n) is 5.60. The largest absolute Gasteiger partial charge is 0.481 e. The number of amides is 2. The lowest BCUT2D eigenvalue weighted by Crippen LogP contribution is -2.52. The van der Waals surface area contributed by atoms with Crippen molar-refractivity contribution in [3.05, 3.63) is 0 Å². The Morgan fingerprint density at radius 3 is 2.65 bits per heavy atom. The van der Waals surface area contributed by atoms with Gasteiger partial charge in [0, 0.05) is 32.8 Å². The van der Waals surface area contributed by atoms with Crippen LogP contribution < -0.4 is 5.32 Å². The molecule has 20 heavy (non-hydrogen) atoms. The number of aliphatic hydroxyl groups is 1. The van der Waals surface area contributed by atoms with Crippen LogP contribution >= 0.6 is 0 Å². The van der Waals surface area contributed by atoms with E-state index in [4.69, 9.17) is 4.74 Å². The fourth-order valence-corrected chi connectivity index (χ4v) is 2.72. The molecule has 0 aromatic rings. The van der Waals surface area contributed by atoms with Gasteiger partial charge in [0.05, 0.1) is 11.5 Å². The van der Waals surface area contributed by atoms with Crippen LogP contribution in [0.3, 0.4) is 0 Å². The summed E-state index contributed by atoms with van der Waals surface area (Å²) in [7, 11) is 0. The number of carboxylic acids is 1.